The smallest absolute Gasteiger partial charge is 0.246 e. The fourth-order valence-corrected chi connectivity index (χ4v) is 3.62. The minimum atomic E-state index is -1.58. The summed E-state index contributed by atoms with van der Waals surface area (Å²) < 4.78 is 39.6. The van der Waals surface area contributed by atoms with Gasteiger partial charge in [-0.15, -0.1) is 0 Å². The molecule has 164 valence electrons. The van der Waals surface area contributed by atoms with E-state index in [1.807, 2.05) is 0 Å². The first-order chi connectivity index (χ1) is 14.6. The van der Waals surface area contributed by atoms with Crippen molar-refractivity contribution in [3.8, 4) is 0 Å². The number of amides is 2. The lowest BCUT2D eigenvalue weighted by molar-refractivity contribution is -0.122. The van der Waals surface area contributed by atoms with Crippen molar-refractivity contribution in [2.75, 3.05) is 27.9 Å². The summed E-state index contributed by atoms with van der Waals surface area (Å²) in [5.74, 6) is -4.20. The van der Waals surface area contributed by atoms with E-state index in [0.717, 1.165) is 12.1 Å². The van der Waals surface area contributed by atoms with Gasteiger partial charge in [-0.1, -0.05) is 0 Å². The number of fused-ring (bicyclic) bond motifs is 1. The number of nitrogens with one attached hydrogen (secondary N) is 3. The van der Waals surface area contributed by atoms with Crippen molar-refractivity contribution in [3.05, 3.63) is 35.3 Å². The van der Waals surface area contributed by atoms with Gasteiger partial charge in [-0.25, -0.2) is 18.2 Å². The molecule has 31 heavy (non-hydrogen) atoms. The number of nitrogens with zero attached hydrogens (tertiary/aromatic N) is 3. The van der Waals surface area contributed by atoms with Crippen molar-refractivity contribution in [3.63, 3.8) is 0 Å². The van der Waals surface area contributed by atoms with Crippen molar-refractivity contribution in [1.82, 2.24) is 9.97 Å². The van der Waals surface area contributed by atoms with E-state index < -0.39 is 23.4 Å². The van der Waals surface area contributed by atoms with Gasteiger partial charge in [-0.05, 0) is 26.7 Å². The van der Waals surface area contributed by atoms with E-state index in [9.17, 15) is 22.8 Å². The summed E-state index contributed by atoms with van der Waals surface area (Å²) in [5.41, 5.74) is 1.06. The average Bonchev–Trinajstić information content (AvgIpc) is 2.67. The number of halogens is 3. The molecule has 1 saturated carbocycles. The SMILES string of the molecule is Cc1nc(NC2CC(C(=O)Nc3cc(F)c(F)c(F)c3)C2)nc2c1NC(=O)[C@H](C)N2C. The van der Waals surface area contributed by atoms with Gasteiger partial charge in [0, 0.05) is 36.8 Å². The predicted octanol–water partition coefficient (Wildman–Crippen LogP) is 2.81. The molecule has 2 amide bonds. The Labute approximate surface area is 176 Å². The Morgan fingerprint density at radius 1 is 1.19 bits per heavy atom. The van der Waals surface area contributed by atoms with Crippen molar-refractivity contribution in [2.45, 2.75) is 38.8 Å². The Morgan fingerprint density at radius 3 is 2.48 bits per heavy atom. The minimum Gasteiger partial charge on any atom is -0.351 e. The predicted molar refractivity (Wildman–Crippen MR) is 108 cm³/mol. The van der Waals surface area contributed by atoms with E-state index in [2.05, 4.69) is 25.9 Å². The lowest BCUT2D eigenvalue weighted by atomic mass is 9.79. The quantitative estimate of drug-likeness (QED) is 0.640. The first kappa shape index (κ1) is 20.9. The van der Waals surface area contributed by atoms with Gasteiger partial charge in [0.05, 0.1) is 5.69 Å². The number of anilines is 4. The fourth-order valence-electron chi connectivity index (χ4n) is 3.62. The summed E-state index contributed by atoms with van der Waals surface area (Å²) >= 11 is 0. The van der Waals surface area contributed by atoms with Gasteiger partial charge < -0.3 is 20.9 Å². The van der Waals surface area contributed by atoms with Crippen molar-refractivity contribution in [2.24, 2.45) is 5.92 Å². The Hall–Kier alpha value is -3.37. The van der Waals surface area contributed by atoms with Crippen molar-refractivity contribution < 1.29 is 22.8 Å². The van der Waals surface area contributed by atoms with E-state index in [0.29, 0.717) is 36.0 Å². The van der Waals surface area contributed by atoms with E-state index in [1.165, 1.54) is 0 Å². The number of hydrogen-bond acceptors (Lipinski definition) is 6. The zero-order valence-corrected chi connectivity index (χ0v) is 17.1. The van der Waals surface area contributed by atoms with Crippen LogP contribution in [0.15, 0.2) is 12.1 Å². The van der Waals surface area contributed by atoms with Gasteiger partial charge in [0.2, 0.25) is 17.8 Å². The van der Waals surface area contributed by atoms with Crippen LogP contribution in [0.2, 0.25) is 0 Å². The molecule has 0 unspecified atom stereocenters. The van der Waals surface area contributed by atoms with Gasteiger partial charge >= 0.3 is 0 Å². The molecule has 11 heteroatoms. The van der Waals surface area contributed by atoms with E-state index in [1.54, 1.807) is 25.8 Å². The number of hydrogen-bond donors (Lipinski definition) is 3. The molecular weight excluding hydrogens is 413 g/mol. The lowest BCUT2D eigenvalue weighted by Crippen LogP contribution is -2.45. The maximum Gasteiger partial charge on any atom is 0.246 e. The number of aromatic nitrogens is 2. The highest BCUT2D eigenvalue weighted by Crippen LogP contribution is 2.35. The van der Waals surface area contributed by atoms with Gasteiger partial charge in [0.15, 0.2) is 23.3 Å². The van der Waals surface area contributed by atoms with Crippen LogP contribution in [0.25, 0.3) is 0 Å². The molecule has 1 atom stereocenters. The van der Waals surface area contributed by atoms with Crippen LogP contribution in [-0.2, 0) is 9.59 Å². The molecule has 1 fully saturated rings. The Balaban J connectivity index is 1.38. The first-order valence-corrected chi connectivity index (χ1v) is 9.78. The van der Waals surface area contributed by atoms with Crippen LogP contribution < -0.4 is 20.9 Å². The highest BCUT2D eigenvalue weighted by atomic mass is 19.2. The van der Waals surface area contributed by atoms with Crippen LogP contribution in [0.3, 0.4) is 0 Å². The molecule has 0 saturated heterocycles. The molecule has 3 N–H and O–H groups in total. The van der Waals surface area contributed by atoms with E-state index >= 15 is 0 Å². The second-order valence-corrected chi connectivity index (χ2v) is 7.86. The number of carbonyl (C=O) groups excluding carboxylic acids is 2. The van der Waals surface area contributed by atoms with E-state index in [-0.39, 0.29) is 29.6 Å². The zero-order valence-electron chi connectivity index (χ0n) is 17.1. The number of rotatable bonds is 4. The molecule has 1 aromatic carbocycles. The summed E-state index contributed by atoms with van der Waals surface area (Å²) in [5, 5.41) is 8.40. The minimum absolute atomic E-state index is 0.0594. The number of benzene rings is 1. The summed E-state index contributed by atoms with van der Waals surface area (Å²) in [6, 6.07) is 1.05. The largest absolute Gasteiger partial charge is 0.351 e. The Morgan fingerprint density at radius 2 is 1.84 bits per heavy atom. The molecule has 2 aromatic rings. The van der Waals surface area contributed by atoms with Crippen LogP contribution >= 0.6 is 0 Å². The normalized spacial score (nSPS) is 22.3. The monoisotopic (exact) mass is 434 g/mol. The molecule has 2 heterocycles. The third-order valence-corrected chi connectivity index (χ3v) is 5.71. The third-order valence-electron chi connectivity index (χ3n) is 5.71. The second-order valence-electron chi connectivity index (χ2n) is 7.86. The number of carbonyl (C=O) groups is 2. The first-order valence-electron chi connectivity index (χ1n) is 9.78. The van der Waals surface area contributed by atoms with Crippen molar-refractivity contribution in [1.29, 1.82) is 0 Å². The second kappa shape index (κ2) is 7.71. The number of likely N-dealkylation sites (N-methyl/N-ethyl adjacent to an activating group) is 1. The highest BCUT2D eigenvalue weighted by molar-refractivity contribution is 6.03. The van der Waals surface area contributed by atoms with E-state index in [4.69, 9.17) is 0 Å². The van der Waals surface area contributed by atoms with Gasteiger partial charge in [-0.3, -0.25) is 9.59 Å². The average molecular weight is 434 g/mol. The fraction of sp³-hybridized carbons (Fsp3) is 0.400. The van der Waals surface area contributed by atoms with Gasteiger partial charge in [-0.2, -0.15) is 4.98 Å². The molecule has 0 bridgehead atoms. The molecule has 1 aliphatic carbocycles. The van der Waals surface area contributed by atoms with Crippen LogP contribution in [0, 0.1) is 30.3 Å². The topological polar surface area (TPSA) is 99.2 Å². The van der Waals surface area contributed by atoms with Gasteiger partial charge in [0.1, 0.15) is 11.7 Å². The Bertz CT molecular complexity index is 1050. The van der Waals surface area contributed by atoms with Crippen LogP contribution in [0.1, 0.15) is 25.5 Å². The van der Waals surface area contributed by atoms with Crippen molar-refractivity contribution >= 4 is 35.0 Å². The molecule has 0 spiro atoms. The zero-order chi connectivity index (χ0) is 22.4. The molecular formula is C20H21F3N6O2. The Kier molecular flexibility index (Phi) is 5.19. The molecule has 8 nitrogen and oxygen atoms in total. The summed E-state index contributed by atoms with van der Waals surface area (Å²) in [7, 11) is 1.78. The highest BCUT2D eigenvalue weighted by Gasteiger charge is 2.36. The molecule has 1 aromatic heterocycles. The maximum atomic E-state index is 13.3. The third kappa shape index (κ3) is 3.87. The maximum absolute atomic E-state index is 13.3. The van der Waals surface area contributed by atoms with Gasteiger partial charge in [0.25, 0.3) is 0 Å². The lowest BCUT2D eigenvalue weighted by Gasteiger charge is -2.36. The van der Waals surface area contributed by atoms with Crippen LogP contribution in [-0.4, -0.2) is 40.9 Å². The summed E-state index contributed by atoms with van der Waals surface area (Å²) in [6.45, 7) is 3.55. The molecule has 1 aliphatic heterocycles. The number of aryl methyl sites for hydroxylation is 1. The summed E-state index contributed by atoms with van der Waals surface area (Å²) in [4.78, 5) is 35.0. The van der Waals surface area contributed by atoms with Crippen LogP contribution in [0.4, 0.5) is 36.3 Å². The molecule has 2 aliphatic rings. The van der Waals surface area contributed by atoms with Crippen LogP contribution in [0.5, 0.6) is 0 Å². The molecule has 4 rings (SSSR count). The molecule has 0 radical (unpaired) electrons. The summed E-state index contributed by atoms with van der Waals surface area (Å²) in [6.07, 6.45) is 0.945. The standard InChI is InChI=1S/C20H21F3N6O2/c1-8-16-17(29(3)9(2)18(30)27-16)28-20(24-8)26-11-4-10(5-11)19(31)25-12-6-13(21)15(23)14(22)7-12/h6-7,9-11H,4-5H2,1-3H3,(H,25,31)(H,27,30)(H,24,26,28)/t9-,10?,11?/m0/s1.